The van der Waals surface area contributed by atoms with E-state index in [0.717, 1.165) is 31.6 Å². The van der Waals surface area contributed by atoms with Crippen LogP contribution in [0.1, 0.15) is 98.8 Å². The number of allylic oxidation sites excluding steroid dienone is 1. The zero-order valence-electron chi connectivity index (χ0n) is 19.9. The Morgan fingerprint density at radius 2 is 1.80 bits per heavy atom. The predicted octanol–water partition coefficient (Wildman–Crippen LogP) is 5.89. The van der Waals surface area contributed by atoms with E-state index in [1.165, 1.54) is 31.3 Å². The molecule has 0 aromatic rings. The summed E-state index contributed by atoms with van der Waals surface area (Å²) in [4.78, 5) is 13.3. The number of hydrogen-bond acceptors (Lipinski definition) is 3. The molecule has 4 aliphatic carbocycles. The van der Waals surface area contributed by atoms with Crippen molar-refractivity contribution in [2.45, 2.75) is 105 Å². The molecule has 3 saturated carbocycles. The van der Waals surface area contributed by atoms with E-state index >= 15 is 0 Å². The summed E-state index contributed by atoms with van der Waals surface area (Å²) in [7, 11) is 0. The average molecular weight is 417 g/mol. The van der Waals surface area contributed by atoms with Gasteiger partial charge in [0.05, 0.1) is 0 Å². The van der Waals surface area contributed by atoms with E-state index in [9.17, 15) is 15.0 Å². The summed E-state index contributed by atoms with van der Waals surface area (Å²) in [6.07, 6.45) is 11.9. The molecule has 4 rings (SSSR count). The monoisotopic (exact) mass is 416 g/mol. The highest BCUT2D eigenvalue weighted by atomic mass is 16.5. The fraction of sp³-hybridized carbons (Fsp3) is 0.889. The van der Waals surface area contributed by atoms with Gasteiger partial charge in [-0.25, -0.2) is 0 Å². The minimum Gasteiger partial charge on any atom is -0.365 e. The third kappa shape index (κ3) is 3.62. The van der Waals surface area contributed by atoms with Crippen LogP contribution in [0, 0.1) is 46.3 Å². The Morgan fingerprint density at radius 1 is 1.07 bits per heavy atom. The molecule has 0 aromatic heterocycles. The summed E-state index contributed by atoms with van der Waals surface area (Å²) in [5, 5.41) is 20.4. The van der Waals surface area contributed by atoms with E-state index < -0.39 is 5.79 Å². The molecule has 3 nitrogen and oxygen atoms in total. The van der Waals surface area contributed by atoms with Gasteiger partial charge in [0, 0.05) is 25.2 Å². The number of rotatable bonds is 5. The van der Waals surface area contributed by atoms with Crippen LogP contribution in [0.5, 0.6) is 0 Å². The molecular weight excluding hydrogens is 372 g/mol. The van der Waals surface area contributed by atoms with Crippen LogP contribution in [0.2, 0.25) is 0 Å². The van der Waals surface area contributed by atoms with Crippen molar-refractivity contribution in [3.63, 3.8) is 0 Å². The van der Waals surface area contributed by atoms with Crippen molar-refractivity contribution in [2.75, 3.05) is 0 Å². The summed E-state index contributed by atoms with van der Waals surface area (Å²) in [5.41, 5.74) is 1.51. The number of ketones is 1. The maximum absolute atomic E-state index is 13.3. The second-order valence-electron chi connectivity index (χ2n) is 12.4. The van der Waals surface area contributed by atoms with E-state index in [4.69, 9.17) is 0 Å². The van der Waals surface area contributed by atoms with Crippen LogP contribution < -0.4 is 0 Å². The van der Waals surface area contributed by atoms with Gasteiger partial charge in [-0.15, -0.1) is 0 Å². The first-order valence-electron chi connectivity index (χ1n) is 12.6. The second-order valence-corrected chi connectivity index (χ2v) is 12.4. The van der Waals surface area contributed by atoms with E-state index in [0.29, 0.717) is 42.3 Å². The lowest BCUT2D eigenvalue weighted by Crippen LogP contribution is -2.52. The Balaban J connectivity index is 1.55. The van der Waals surface area contributed by atoms with Crippen LogP contribution >= 0.6 is 0 Å². The zero-order chi connectivity index (χ0) is 21.9. The first kappa shape index (κ1) is 22.5. The highest BCUT2D eigenvalue weighted by Crippen LogP contribution is 2.66. The van der Waals surface area contributed by atoms with Crippen molar-refractivity contribution in [2.24, 2.45) is 46.3 Å². The molecule has 30 heavy (non-hydrogen) atoms. The first-order chi connectivity index (χ1) is 14.0. The van der Waals surface area contributed by atoms with Gasteiger partial charge < -0.3 is 10.2 Å². The number of Topliss-reactive ketones (excluding diaryl/α,β-unsaturated/α-hetero) is 1. The largest absolute Gasteiger partial charge is 0.365 e. The molecule has 0 bridgehead atoms. The fourth-order valence-electron chi connectivity index (χ4n) is 8.44. The van der Waals surface area contributed by atoms with Gasteiger partial charge in [0.1, 0.15) is 5.78 Å². The summed E-state index contributed by atoms with van der Waals surface area (Å²) < 4.78 is 0. The molecular formula is C27H44O3. The van der Waals surface area contributed by atoms with Gasteiger partial charge in [-0.3, -0.25) is 4.79 Å². The van der Waals surface area contributed by atoms with Crippen molar-refractivity contribution < 1.29 is 15.0 Å². The number of hydrogen-bond donors (Lipinski definition) is 2. The number of fused-ring (bicyclic) bond motifs is 5. The third-order valence-electron chi connectivity index (χ3n) is 10.1. The minimum absolute atomic E-state index is 0.0865. The molecule has 0 amide bonds. The second kappa shape index (κ2) is 7.73. The van der Waals surface area contributed by atoms with Crippen molar-refractivity contribution in [1.29, 1.82) is 0 Å². The summed E-state index contributed by atoms with van der Waals surface area (Å²) in [6, 6.07) is 0. The summed E-state index contributed by atoms with van der Waals surface area (Å²) >= 11 is 0. The molecule has 0 spiro atoms. The van der Waals surface area contributed by atoms with Gasteiger partial charge >= 0.3 is 0 Å². The number of aliphatic hydroxyl groups is 2. The van der Waals surface area contributed by atoms with E-state index in [1.54, 1.807) is 0 Å². The molecule has 0 aromatic carbocycles. The van der Waals surface area contributed by atoms with Crippen LogP contribution in [0.25, 0.3) is 0 Å². The van der Waals surface area contributed by atoms with Crippen LogP contribution in [0.4, 0.5) is 0 Å². The number of carbonyl (C=O) groups excluding carboxylic acids is 1. The van der Waals surface area contributed by atoms with Crippen LogP contribution in [0.3, 0.4) is 0 Å². The Hall–Kier alpha value is -0.670. The molecule has 7 atom stereocenters. The molecule has 3 heteroatoms. The maximum Gasteiger partial charge on any atom is 0.166 e. The SMILES string of the molecule is CC(C)CCC[C@@H](C)[C@H]1C(=O)C[C@H]2[C@@H]3CC=C4CC(O)(O)CC[C@]4(C)[C@H]3CC[C@]12C. The van der Waals surface area contributed by atoms with Crippen LogP contribution in [-0.4, -0.2) is 21.8 Å². The van der Waals surface area contributed by atoms with Gasteiger partial charge in [0.15, 0.2) is 5.79 Å². The highest BCUT2D eigenvalue weighted by Gasteiger charge is 2.62. The van der Waals surface area contributed by atoms with E-state index in [1.807, 2.05) is 0 Å². The van der Waals surface area contributed by atoms with Crippen molar-refractivity contribution in [1.82, 2.24) is 0 Å². The molecule has 2 N–H and O–H groups in total. The molecule has 0 saturated heterocycles. The highest BCUT2D eigenvalue weighted by molar-refractivity contribution is 5.85. The smallest absolute Gasteiger partial charge is 0.166 e. The van der Waals surface area contributed by atoms with Gasteiger partial charge in [0.25, 0.3) is 0 Å². The zero-order valence-corrected chi connectivity index (χ0v) is 19.9. The van der Waals surface area contributed by atoms with Gasteiger partial charge in [0.2, 0.25) is 0 Å². The molecule has 0 aliphatic heterocycles. The van der Waals surface area contributed by atoms with Gasteiger partial charge in [-0.1, -0.05) is 59.1 Å². The van der Waals surface area contributed by atoms with Crippen molar-refractivity contribution in [3.05, 3.63) is 11.6 Å². The molecule has 0 radical (unpaired) electrons. The molecule has 3 fully saturated rings. The lowest BCUT2D eigenvalue weighted by Gasteiger charge is -2.58. The molecule has 0 heterocycles. The average Bonchev–Trinajstić information content (AvgIpc) is 2.92. The van der Waals surface area contributed by atoms with Crippen molar-refractivity contribution in [3.8, 4) is 0 Å². The van der Waals surface area contributed by atoms with E-state index in [-0.39, 0.29) is 16.7 Å². The topological polar surface area (TPSA) is 57.5 Å². The van der Waals surface area contributed by atoms with Crippen molar-refractivity contribution >= 4 is 5.78 Å². The first-order valence-corrected chi connectivity index (χ1v) is 12.6. The van der Waals surface area contributed by atoms with Crippen LogP contribution in [-0.2, 0) is 4.79 Å². The standard InChI is InChI=1S/C27H44O3/c1-17(2)7-6-8-18(3)24-23(28)15-22-20-10-9-19-16-27(29,30)14-13-25(19,4)21(20)11-12-26(22,24)5/h9,17-18,20-22,24,29-30H,6-8,10-16H2,1-5H3/t18-,20-,21+,22+,24+,25+,26+/m1/s1. The lowest BCUT2D eigenvalue weighted by molar-refractivity contribution is -0.189. The summed E-state index contributed by atoms with van der Waals surface area (Å²) in [6.45, 7) is 11.7. The Morgan fingerprint density at radius 3 is 2.50 bits per heavy atom. The molecule has 170 valence electrons. The summed E-state index contributed by atoms with van der Waals surface area (Å²) in [5.74, 6) is 2.16. The Labute approximate surface area is 183 Å². The predicted molar refractivity (Wildman–Crippen MR) is 121 cm³/mol. The molecule has 4 aliphatic rings. The lowest BCUT2D eigenvalue weighted by atomic mass is 9.46. The number of carbonyl (C=O) groups is 1. The quantitative estimate of drug-likeness (QED) is 0.434. The Bertz CT molecular complexity index is 707. The Kier molecular flexibility index (Phi) is 5.80. The van der Waals surface area contributed by atoms with Crippen LogP contribution in [0.15, 0.2) is 11.6 Å². The van der Waals surface area contributed by atoms with Gasteiger partial charge in [-0.05, 0) is 72.5 Å². The minimum atomic E-state index is -1.53. The van der Waals surface area contributed by atoms with Gasteiger partial charge in [-0.2, -0.15) is 0 Å². The fourth-order valence-corrected chi connectivity index (χ4v) is 8.44. The third-order valence-corrected chi connectivity index (χ3v) is 10.1. The van der Waals surface area contributed by atoms with E-state index in [2.05, 4.69) is 40.7 Å². The maximum atomic E-state index is 13.3. The normalized spacial score (nSPS) is 43.6. The molecule has 0 unspecified atom stereocenters.